The van der Waals surface area contributed by atoms with Crippen LogP contribution in [0.5, 0.6) is 5.75 Å². The standard InChI is InChI=1S/C24H21F5O/c1-5-7-14-8-9-16(20(27)19(14)26)17-11-15-10-13(4)23(18(25)12(3)6-2)30-24(15)22(29)21(17)28/h8-9,11H,3-7,10H2,1-2H3/b23-18-. The third-order valence-electron chi connectivity index (χ3n) is 5.08. The van der Waals surface area contributed by atoms with E-state index in [2.05, 4.69) is 13.2 Å². The second kappa shape index (κ2) is 8.46. The van der Waals surface area contributed by atoms with Crippen LogP contribution in [0.3, 0.4) is 0 Å². The van der Waals surface area contributed by atoms with Crippen LogP contribution in [-0.2, 0) is 12.8 Å². The van der Waals surface area contributed by atoms with E-state index in [4.69, 9.17) is 4.74 Å². The lowest BCUT2D eigenvalue weighted by atomic mass is 9.93. The van der Waals surface area contributed by atoms with Gasteiger partial charge in [0.1, 0.15) is 0 Å². The van der Waals surface area contributed by atoms with Gasteiger partial charge in [-0.15, -0.1) is 0 Å². The van der Waals surface area contributed by atoms with Gasteiger partial charge >= 0.3 is 0 Å². The summed E-state index contributed by atoms with van der Waals surface area (Å²) in [5.74, 6) is -6.73. The van der Waals surface area contributed by atoms with Crippen molar-refractivity contribution in [3.63, 3.8) is 0 Å². The molecule has 0 bridgehead atoms. The van der Waals surface area contributed by atoms with E-state index >= 15 is 0 Å². The molecule has 30 heavy (non-hydrogen) atoms. The Hall–Kier alpha value is -2.89. The van der Waals surface area contributed by atoms with Gasteiger partial charge in [-0.25, -0.2) is 17.6 Å². The summed E-state index contributed by atoms with van der Waals surface area (Å²) in [5, 5.41) is 0. The van der Waals surface area contributed by atoms with Crippen LogP contribution < -0.4 is 4.74 Å². The molecule has 1 aliphatic heterocycles. The molecule has 6 heteroatoms. The topological polar surface area (TPSA) is 9.23 Å². The maximum Gasteiger partial charge on any atom is 0.202 e. The number of fused-ring (bicyclic) bond motifs is 1. The third kappa shape index (κ3) is 3.66. The fourth-order valence-electron chi connectivity index (χ4n) is 3.36. The van der Waals surface area contributed by atoms with E-state index in [0.717, 1.165) is 0 Å². The molecular weight excluding hydrogens is 399 g/mol. The Morgan fingerprint density at radius 3 is 2.30 bits per heavy atom. The molecule has 0 amide bonds. The fourth-order valence-corrected chi connectivity index (χ4v) is 3.36. The van der Waals surface area contributed by atoms with E-state index in [-0.39, 0.29) is 34.5 Å². The van der Waals surface area contributed by atoms with E-state index < -0.39 is 46.0 Å². The van der Waals surface area contributed by atoms with Crippen molar-refractivity contribution in [2.24, 2.45) is 0 Å². The Morgan fingerprint density at radius 1 is 1.00 bits per heavy atom. The van der Waals surface area contributed by atoms with Crippen LogP contribution in [0.2, 0.25) is 0 Å². The maximum atomic E-state index is 14.8. The lowest BCUT2D eigenvalue weighted by molar-refractivity contribution is 0.355. The molecule has 1 heterocycles. The normalized spacial score (nSPS) is 15.0. The first kappa shape index (κ1) is 21.8. The van der Waals surface area contributed by atoms with Crippen molar-refractivity contribution >= 4 is 0 Å². The van der Waals surface area contributed by atoms with Crippen molar-refractivity contribution in [2.45, 2.75) is 39.5 Å². The lowest BCUT2D eigenvalue weighted by Gasteiger charge is -2.24. The van der Waals surface area contributed by atoms with Gasteiger partial charge in [0.2, 0.25) is 5.82 Å². The molecule has 0 fully saturated rings. The average molecular weight is 420 g/mol. The quantitative estimate of drug-likeness (QED) is 0.455. The van der Waals surface area contributed by atoms with E-state index in [1.807, 2.05) is 6.92 Å². The SMILES string of the molecule is C=C(CC)/C(F)=C1/Oc2c(cc(-c3ccc(CCC)c(F)c3F)c(F)c2F)CC1=C. The molecule has 1 aliphatic rings. The third-order valence-corrected chi connectivity index (χ3v) is 5.08. The number of allylic oxidation sites excluding steroid dienone is 3. The monoisotopic (exact) mass is 420 g/mol. The van der Waals surface area contributed by atoms with Gasteiger partial charge in [0.25, 0.3) is 0 Å². The molecule has 2 aromatic rings. The first-order valence-corrected chi connectivity index (χ1v) is 9.63. The van der Waals surface area contributed by atoms with Gasteiger partial charge in [-0.05, 0) is 35.6 Å². The zero-order valence-corrected chi connectivity index (χ0v) is 16.8. The predicted octanol–water partition coefficient (Wildman–Crippen LogP) is 7.50. The van der Waals surface area contributed by atoms with Crippen LogP contribution in [0.4, 0.5) is 22.0 Å². The highest BCUT2D eigenvalue weighted by atomic mass is 19.2. The van der Waals surface area contributed by atoms with Crippen molar-refractivity contribution in [1.29, 1.82) is 0 Å². The summed E-state index contributed by atoms with van der Waals surface area (Å²) in [6.45, 7) is 10.8. The highest BCUT2D eigenvalue weighted by Crippen LogP contribution is 2.42. The Bertz CT molecular complexity index is 1080. The van der Waals surface area contributed by atoms with Gasteiger partial charge in [-0.1, -0.05) is 45.6 Å². The number of rotatable bonds is 5. The summed E-state index contributed by atoms with van der Waals surface area (Å²) >= 11 is 0. The molecule has 0 saturated heterocycles. The van der Waals surface area contributed by atoms with Gasteiger partial charge in [-0.3, -0.25) is 0 Å². The van der Waals surface area contributed by atoms with Gasteiger partial charge < -0.3 is 4.74 Å². The molecule has 0 spiro atoms. The largest absolute Gasteiger partial charge is 0.450 e. The summed E-state index contributed by atoms with van der Waals surface area (Å²) in [7, 11) is 0. The zero-order valence-electron chi connectivity index (χ0n) is 16.8. The molecule has 0 aromatic heterocycles. The first-order valence-electron chi connectivity index (χ1n) is 9.63. The van der Waals surface area contributed by atoms with Crippen LogP contribution in [-0.4, -0.2) is 0 Å². The molecule has 158 valence electrons. The van der Waals surface area contributed by atoms with E-state index in [1.54, 1.807) is 6.92 Å². The fraction of sp³-hybridized carbons (Fsp3) is 0.250. The summed E-state index contributed by atoms with van der Waals surface area (Å²) in [5.41, 5.74) is -0.175. The number of benzene rings is 2. The molecule has 0 N–H and O–H groups in total. The molecule has 3 rings (SSSR count). The lowest BCUT2D eigenvalue weighted by Crippen LogP contribution is -2.14. The van der Waals surface area contributed by atoms with Crippen LogP contribution in [0.1, 0.15) is 37.8 Å². The average Bonchev–Trinajstić information content (AvgIpc) is 2.73. The van der Waals surface area contributed by atoms with E-state index in [0.29, 0.717) is 19.3 Å². The maximum absolute atomic E-state index is 14.8. The molecule has 0 unspecified atom stereocenters. The van der Waals surface area contributed by atoms with Crippen molar-refractivity contribution in [3.05, 3.63) is 88.5 Å². The molecular formula is C24H21F5O. The predicted molar refractivity (Wildman–Crippen MR) is 107 cm³/mol. The summed E-state index contributed by atoms with van der Waals surface area (Å²) in [4.78, 5) is 0. The molecule has 0 radical (unpaired) electrons. The summed E-state index contributed by atoms with van der Waals surface area (Å²) in [6, 6.07) is 3.76. The van der Waals surface area contributed by atoms with E-state index in [9.17, 15) is 22.0 Å². The Labute approximate surface area is 172 Å². The minimum atomic E-state index is -1.41. The number of hydrogen-bond donors (Lipinski definition) is 0. The van der Waals surface area contributed by atoms with Gasteiger partial charge in [-0.2, -0.15) is 4.39 Å². The van der Waals surface area contributed by atoms with Crippen LogP contribution in [0.25, 0.3) is 11.1 Å². The zero-order chi connectivity index (χ0) is 22.2. The number of hydrogen-bond acceptors (Lipinski definition) is 1. The van der Waals surface area contributed by atoms with Gasteiger partial charge in [0, 0.05) is 23.1 Å². The van der Waals surface area contributed by atoms with Crippen LogP contribution >= 0.6 is 0 Å². The number of ether oxygens (including phenoxy) is 1. The Morgan fingerprint density at radius 2 is 1.67 bits per heavy atom. The number of halogens is 5. The molecule has 1 nitrogen and oxygen atoms in total. The molecule has 0 saturated carbocycles. The van der Waals surface area contributed by atoms with Crippen molar-refractivity contribution in [1.82, 2.24) is 0 Å². The minimum absolute atomic E-state index is 0.0443. The Balaban J connectivity index is 2.14. The first-order chi connectivity index (χ1) is 14.2. The highest BCUT2D eigenvalue weighted by Gasteiger charge is 2.30. The van der Waals surface area contributed by atoms with Gasteiger partial charge in [0.05, 0.1) is 0 Å². The smallest absolute Gasteiger partial charge is 0.202 e. The van der Waals surface area contributed by atoms with Crippen LogP contribution in [0.15, 0.2) is 54.1 Å². The molecule has 2 aromatic carbocycles. The van der Waals surface area contributed by atoms with Crippen molar-refractivity contribution < 1.29 is 26.7 Å². The second-order valence-corrected chi connectivity index (χ2v) is 7.17. The summed E-state index contributed by atoms with van der Waals surface area (Å²) in [6.07, 6.45) is 1.18. The van der Waals surface area contributed by atoms with Gasteiger partial charge in [0.15, 0.2) is 34.8 Å². The summed E-state index contributed by atoms with van der Waals surface area (Å²) < 4.78 is 78.3. The molecule has 0 aliphatic carbocycles. The number of aryl methyl sites for hydroxylation is 1. The highest BCUT2D eigenvalue weighted by molar-refractivity contribution is 5.69. The van der Waals surface area contributed by atoms with Crippen molar-refractivity contribution in [2.75, 3.05) is 0 Å². The molecule has 0 atom stereocenters. The Kier molecular flexibility index (Phi) is 6.15. The van der Waals surface area contributed by atoms with Crippen molar-refractivity contribution in [3.8, 4) is 16.9 Å². The second-order valence-electron chi connectivity index (χ2n) is 7.17. The van der Waals surface area contributed by atoms with Crippen LogP contribution in [0, 0.1) is 23.3 Å². The van der Waals surface area contributed by atoms with E-state index in [1.165, 1.54) is 18.2 Å². The minimum Gasteiger partial charge on any atom is -0.450 e.